The monoisotopic (exact) mass is 245 g/mol. The average Bonchev–Trinajstić information content (AvgIpc) is 2.76. The Morgan fingerprint density at radius 1 is 1.53 bits per heavy atom. The molecule has 2 aliphatic heterocycles. The molecule has 0 unspecified atom stereocenters. The number of fused-ring (bicyclic) bond motifs is 2. The fourth-order valence-electron chi connectivity index (χ4n) is 1.87. The maximum Gasteiger partial charge on any atom is 0.407 e. The molecule has 0 saturated carbocycles. The molecule has 5 atom stereocenters. The van der Waals surface area contributed by atoms with Crippen molar-refractivity contribution < 1.29 is 29.2 Å². The summed E-state index contributed by atoms with van der Waals surface area (Å²) in [5.41, 5.74) is 0. The van der Waals surface area contributed by atoms with Crippen LogP contribution in [-0.2, 0) is 14.2 Å². The summed E-state index contributed by atoms with van der Waals surface area (Å²) in [5, 5.41) is 21.8. The summed E-state index contributed by atoms with van der Waals surface area (Å²) in [7, 11) is 0. The van der Waals surface area contributed by atoms with Crippen LogP contribution < -0.4 is 5.32 Å². The van der Waals surface area contributed by atoms with Crippen LogP contribution in [0, 0.1) is 0 Å². The molecule has 7 heteroatoms. The van der Waals surface area contributed by atoms with Crippen molar-refractivity contribution in [3.63, 3.8) is 0 Å². The predicted octanol–water partition coefficient (Wildman–Crippen LogP) is -1.26. The minimum Gasteiger partial charge on any atom is -0.445 e. The maximum atomic E-state index is 11.3. The van der Waals surface area contributed by atoms with Crippen molar-refractivity contribution in [3.05, 3.63) is 12.7 Å². The van der Waals surface area contributed by atoms with E-state index in [2.05, 4.69) is 11.9 Å². The molecule has 17 heavy (non-hydrogen) atoms. The van der Waals surface area contributed by atoms with Gasteiger partial charge in [0.15, 0.2) is 6.29 Å². The Hall–Kier alpha value is -1.15. The predicted molar refractivity (Wildman–Crippen MR) is 55.1 cm³/mol. The number of aliphatic hydroxyl groups excluding tert-OH is 2. The van der Waals surface area contributed by atoms with Crippen molar-refractivity contribution in [2.45, 2.75) is 30.6 Å². The number of aliphatic hydroxyl groups is 2. The van der Waals surface area contributed by atoms with Gasteiger partial charge in [-0.2, -0.15) is 0 Å². The van der Waals surface area contributed by atoms with E-state index in [4.69, 9.17) is 14.2 Å². The third-order valence-electron chi connectivity index (χ3n) is 2.74. The average molecular weight is 245 g/mol. The number of nitrogens with one attached hydrogen (secondary N) is 1. The molecule has 2 heterocycles. The highest BCUT2D eigenvalue weighted by atomic mass is 16.7. The van der Waals surface area contributed by atoms with Crippen LogP contribution in [-0.4, -0.2) is 60.2 Å². The van der Waals surface area contributed by atoms with E-state index in [1.54, 1.807) is 0 Å². The highest BCUT2D eigenvalue weighted by Gasteiger charge is 2.50. The minimum atomic E-state index is -1.14. The van der Waals surface area contributed by atoms with E-state index in [1.165, 1.54) is 6.08 Å². The molecule has 2 saturated heterocycles. The fraction of sp³-hybridized carbons (Fsp3) is 0.700. The van der Waals surface area contributed by atoms with Crippen LogP contribution in [0.5, 0.6) is 0 Å². The minimum absolute atomic E-state index is 0.0617. The van der Waals surface area contributed by atoms with Crippen LogP contribution in [0.1, 0.15) is 0 Å². The van der Waals surface area contributed by atoms with Gasteiger partial charge in [0.05, 0.1) is 6.61 Å². The molecule has 2 bridgehead atoms. The Morgan fingerprint density at radius 2 is 2.29 bits per heavy atom. The normalized spacial score (nSPS) is 39.8. The van der Waals surface area contributed by atoms with E-state index in [9.17, 15) is 15.0 Å². The van der Waals surface area contributed by atoms with Crippen LogP contribution in [0.4, 0.5) is 4.79 Å². The molecule has 0 radical (unpaired) electrons. The molecular weight excluding hydrogens is 230 g/mol. The molecule has 2 rings (SSSR count). The molecule has 2 aliphatic rings. The molecule has 0 aromatic rings. The van der Waals surface area contributed by atoms with E-state index < -0.39 is 36.7 Å². The van der Waals surface area contributed by atoms with E-state index >= 15 is 0 Å². The first-order chi connectivity index (χ1) is 8.13. The van der Waals surface area contributed by atoms with E-state index in [0.717, 1.165) is 0 Å². The molecule has 0 aliphatic carbocycles. The van der Waals surface area contributed by atoms with Gasteiger partial charge in [0.2, 0.25) is 0 Å². The van der Waals surface area contributed by atoms with Gasteiger partial charge in [0, 0.05) is 0 Å². The van der Waals surface area contributed by atoms with Crippen LogP contribution in [0.3, 0.4) is 0 Å². The summed E-state index contributed by atoms with van der Waals surface area (Å²) in [6.45, 7) is 3.66. The number of alkyl carbamates (subject to hydrolysis) is 1. The van der Waals surface area contributed by atoms with Gasteiger partial charge in [-0.15, -0.1) is 0 Å². The molecule has 1 amide bonds. The van der Waals surface area contributed by atoms with Gasteiger partial charge >= 0.3 is 6.09 Å². The van der Waals surface area contributed by atoms with Crippen molar-refractivity contribution in [2.75, 3.05) is 13.2 Å². The Labute approximate surface area is 98.0 Å². The highest BCUT2D eigenvalue weighted by molar-refractivity contribution is 5.67. The quantitative estimate of drug-likeness (QED) is 0.537. The van der Waals surface area contributed by atoms with Crippen LogP contribution in [0.2, 0.25) is 0 Å². The summed E-state index contributed by atoms with van der Waals surface area (Å²) in [5.74, 6) is 0. The molecule has 2 fully saturated rings. The third kappa shape index (κ3) is 2.42. The number of hydrogen-bond donors (Lipinski definition) is 3. The number of amides is 1. The van der Waals surface area contributed by atoms with Gasteiger partial charge in [-0.1, -0.05) is 12.7 Å². The zero-order valence-electron chi connectivity index (χ0n) is 9.11. The first kappa shape index (κ1) is 12.3. The lowest BCUT2D eigenvalue weighted by Crippen LogP contribution is -2.60. The second-order valence-corrected chi connectivity index (χ2v) is 3.91. The van der Waals surface area contributed by atoms with Crippen molar-refractivity contribution in [1.29, 1.82) is 0 Å². The number of hydrogen-bond acceptors (Lipinski definition) is 6. The molecule has 0 spiro atoms. The molecule has 0 aromatic heterocycles. The van der Waals surface area contributed by atoms with E-state index in [-0.39, 0.29) is 13.2 Å². The first-order valence-electron chi connectivity index (χ1n) is 5.31. The molecule has 3 N–H and O–H groups in total. The first-order valence-corrected chi connectivity index (χ1v) is 5.31. The van der Waals surface area contributed by atoms with Gasteiger partial charge in [0.25, 0.3) is 0 Å². The Kier molecular flexibility index (Phi) is 3.63. The van der Waals surface area contributed by atoms with Gasteiger partial charge in [-0.25, -0.2) is 4.79 Å². The SMILES string of the molecule is C=CCOC(=O)N[C@H]1[C@H]2OC[C@H](O2)[C@@H](O)[C@@H]1O. The van der Waals surface area contributed by atoms with Crippen LogP contribution in [0.15, 0.2) is 12.7 Å². The largest absolute Gasteiger partial charge is 0.445 e. The lowest BCUT2D eigenvalue weighted by Gasteiger charge is -2.35. The lowest BCUT2D eigenvalue weighted by atomic mass is 9.99. The smallest absolute Gasteiger partial charge is 0.407 e. The summed E-state index contributed by atoms with van der Waals surface area (Å²) in [4.78, 5) is 11.3. The molecular formula is C10H15NO6. The molecule has 0 aromatic carbocycles. The van der Waals surface area contributed by atoms with Gasteiger partial charge in [0.1, 0.15) is 31.0 Å². The number of rotatable bonds is 3. The number of ether oxygens (including phenoxy) is 3. The number of carbonyl (C=O) groups excluding carboxylic acids is 1. The highest BCUT2D eigenvalue weighted by Crippen LogP contribution is 2.28. The molecule has 7 nitrogen and oxygen atoms in total. The summed E-state index contributed by atoms with van der Waals surface area (Å²) < 4.78 is 15.2. The van der Waals surface area contributed by atoms with E-state index in [0.29, 0.717) is 0 Å². The topological polar surface area (TPSA) is 97.3 Å². The van der Waals surface area contributed by atoms with Crippen LogP contribution >= 0.6 is 0 Å². The fourth-order valence-corrected chi connectivity index (χ4v) is 1.87. The Bertz CT molecular complexity index is 309. The second kappa shape index (κ2) is 5.01. The lowest BCUT2D eigenvalue weighted by molar-refractivity contribution is -0.183. The summed E-state index contributed by atoms with van der Waals surface area (Å²) in [6.07, 6.45) is -2.83. The second-order valence-electron chi connectivity index (χ2n) is 3.91. The third-order valence-corrected chi connectivity index (χ3v) is 2.74. The zero-order chi connectivity index (χ0) is 12.4. The molecule has 96 valence electrons. The van der Waals surface area contributed by atoms with Gasteiger partial charge in [-0.3, -0.25) is 0 Å². The number of carbonyl (C=O) groups is 1. The van der Waals surface area contributed by atoms with Gasteiger partial charge in [-0.05, 0) is 0 Å². The standard InChI is InChI=1S/C10H15NO6/c1-2-3-15-10(14)11-6-8(13)7(12)5-4-16-9(6)17-5/h2,5-9,12-13H,1,3-4H2,(H,11,14)/t5-,6+,7+,8+,9-/m0/s1. The van der Waals surface area contributed by atoms with Gasteiger partial charge < -0.3 is 29.7 Å². The Balaban J connectivity index is 1.94. The van der Waals surface area contributed by atoms with Crippen molar-refractivity contribution in [1.82, 2.24) is 5.32 Å². The summed E-state index contributed by atoms with van der Waals surface area (Å²) >= 11 is 0. The van der Waals surface area contributed by atoms with E-state index in [1.807, 2.05) is 0 Å². The van der Waals surface area contributed by atoms with Crippen molar-refractivity contribution >= 4 is 6.09 Å². The van der Waals surface area contributed by atoms with Crippen molar-refractivity contribution in [3.8, 4) is 0 Å². The van der Waals surface area contributed by atoms with Crippen molar-refractivity contribution in [2.24, 2.45) is 0 Å². The van der Waals surface area contributed by atoms with Crippen LogP contribution in [0.25, 0.3) is 0 Å². The Morgan fingerprint density at radius 3 is 3.00 bits per heavy atom. The summed E-state index contributed by atoms with van der Waals surface area (Å²) in [6, 6.07) is -0.846. The zero-order valence-corrected chi connectivity index (χ0v) is 9.11. The maximum absolute atomic E-state index is 11.3.